The fraction of sp³-hybridized carbons (Fsp3) is 0.391. The van der Waals surface area contributed by atoms with Gasteiger partial charge in [-0.15, -0.1) is 0 Å². The highest BCUT2D eigenvalue weighted by Crippen LogP contribution is 2.44. The lowest BCUT2D eigenvalue weighted by Gasteiger charge is -2.29. The Bertz CT molecular complexity index is 967. The molecule has 0 bridgehead atoms. The Kier molecular flexibility index (Phi) is 5.18. The molecule has 1 unspecified atom stereocenters. The van der Waals surface area contributed by atoms with E-state index in [2.05, 4.69) is 0 Å². The molecule has 6 heteroatoms. The van der Waals surface area contributed by atoms with Crippen LogP contribution < -0.4 is 4.74 Å². The van der Waals surface area contributed by atoms with Crippen molar-refractivity contribution in [3.8, 4) is 5.75 Å². The number of rotatable bonds is 5. The second-order valence-corrected chi connectivity index (χ2v) is 7.55. The van der Waals surface area contributed by atoms with Gasteiger partial charge in [-0.3, -0.25) is 9.59 Å². The maximum Gasteiger partial charge on any atom is 0.296 e. The van der Waals surface area contributed by atoms with Gasteiger partial charge in [-0.05, 0) is 51.0 Å². The van der Waals surface area contributed by atoms with Gasteiger partial charge in [-0.25, -0.2) is 0 Å². The quantitative estimate of drug-likeness (QED) is 0.462. The first-order valence-electron chi connectivity index (χ1n) is 10.1. The third-order valence-electron chi connectivity index (χ3n) is 5.65. The van der Waals surface area contributed by atoms with E-state index in [0.29, 0.717) is 29.4 Å². The van der Waals surface area contributed by atoms with Crippen LogP contribution in [0.4, 0.5) is 0 Å². The van der Waals surface area contributed by atoms with Crippen LogP contribution in [0.25, 0.3) is 5.76 Å². The Morgan fingerprint density at radius 2 is 1.97 bits per heavy atom. The second-order valence-electron chi connectivity index (χ2n) is 7.55. The summed E-state index contributed by atoms with van der Waals surface area (Å²) in [5, 5.41) is 11.1. The molecule has 152 valence electrons. The molecule has 1 aromatic heterocycles. The number of ketones is 1. The van der Waals surface area contributed by atoms with Gasteiger partial charge in [-0.1, -0.05) is 25.0 Å². The molecule has 1 N–H and O–H groups in total. The van der Waals surface area contributed by atoms with E-state index < -0.39 is 17.7 Å². The standard InChI is InChI=1S/C23H25NO5/c1-3-28-17-10-6-7-15(13-17)21(25)19-20(18-12-11-14(2)29-18)24(23(27)22(19)26)16-8-4-5-9-16/h6-7,10-13,16,20,25H,3-5,8-9H2,1-2H3/b21-19-. The largest absolute Gasteiger partial charge is 0.507 e. The number of amides is 1. The predicted octanol–water partition coefficient (Wildman–Crippen LogP) is 4.35. The molecule has 1 amide bonds. The normalized spacial score (nSPS) is 21.9. The highest BCUT2D eigenvalue weighted by atomic mass is 16.5. The van der Waals surface area contributed by atoms with Crippen LogP contribution in [-0.4, -0.2) is 34.3 Å². The summed E-state index contributed by atoms with van der Waals surface area (Å²) in [6, 6.07) is 9.74. The van der Waals surface area contributed by atoms with Crippen molar-refractivity contribution in [2.24, 2.45) is 0 Å². The number of aryl methyl sites for hydroxylation is 1. The summed E-state index contributed by atoms with van der Waals surface area (Å²) < 4.78 is 11.3. The van der Waals surface area contributed by atoms with Gasteiger partial charge in [0.15, 0.2) is 0 Å². The molecule has 1 atom stereocenters. The molecular weight excluding hydrogens is 370 g/mol. The maximum atomic E-state index is 13.0. The van der Waals surface area contributed by atoms with E-state index in [4.69, 9.17) is 9.15 Å². The first-order chi connectivity index (χ1) is 14.0. The minimum atomic E-state index is -0.720. The minimum Gasteiger partial charge on any atom is -0.507 e. The molecule has 1 saturated heterocycles. The lowest BCUT2D eigenvalue weighted by atomic mass is 9.98. The fourth-order valence-corrected chi connectivity index (χ4v) is 4.34. The van der Waals surface area contributed by atoms with Gasteiger partial charge in [0.25, 0.3) is 11.7 Å². The van der Waals surface area contributed by atoms with E-state index in [1.54, 1.807) is 41.3 Å². The molecule has 2 aromatic rings. The third-order valence-corrected chi connectivity index (χ3v) is 5.65. The molecule has 2 fully saturated rings. The number of hydrogen-bond donors (Lipinski definition) is 1. The number of carbonyl (C=O) groups excluding carboxylic acids is 2. The molecule has 29 heavy (non-hydrogen) atoms. The first-order valence-corrected chi connectivity index (χ1v) is 10.1. The average molecular weight is 395 g/mol. The molecule has 0 radical (unpaired) electrons. The third kappa shape index (κ3) is 3.43. The topological polar surface area (TPSA) is 80.0 Å². The predicted molar refractivity (Wildman–Crippen MR) is 107 cm³/mol. The summed E-state index contributed by atoms with van der Waals surface area (Å²) in [6.07, 6.45) is 3.74. The number of likely N-dealkylation sites (tertiary alicyclic amines) is 1. The number of benzene rings is 1. The number of nitrogens with zero attached hydrogens (tertiary/aromatic N) is 1. The van der Waals surface area contributed by atoms with E-state index in [9.17, 15) is 14.7 Å². The van der Waals surface area contributed by atoms with E-state index >= 15 is 0 Å². The van der Waals surface area contributed by atoms with Gasteiger partial charge in [0.05, 0.1) is 12.2 Å². The van der Waals surface area contributed by atoms with E-state index in [1.807, 2.05) is 13.8 Å². The van der Waals surface area contributed by atoms with Crippen LogP contribution >= 0.6 is 0 Å². The van der Waals surface area contributed by atoms with Crippen molar-refractivity contribution in [1.29, 1.82) is 0 Å². The van der Waals surface area contributed by atoms with Crippen molar-refractivity contribution in [3.63, 3.8) is 0 Å². The van der Waals surface area contributed by atoms with Gasteiger partial charge in [0, 0.05) is 11.6 Å². The number of aliphatic hydroxyl groups excluding tert-OH is 1. The summed E-state index contributed by atoms with van der Waals surface area (Å²) in [5.41, 5.74) is 0.513. The van der Waals surface area contributed by atoms with Crippen molar-refractivity contribution in [2.45, 2.75) is 51.6 Å². The van der Waals surface area contributed by atoms with E-state index in [1.165, 1.54) is 0 Å². The molecule has 2 aliphatic rings. The number of Topliss-reactive ketones (excluding diaryl/α,β-unsaturated/α-hetero) is 1. The van der Waals surface area contributed by atoms with Crippen LogP contribution in [0.1, 0.15) is 55.7 Å². The number of furan rings is 1. The first kappa shape index (κ1) is 19.3. The number of carbonyl (C=O) groups is 2. The molecule has 1 aliphatic heterocycles. The highest BCUT2D eigenvalue weighted by Gasteiger charge is 2.50. The van der Waals surface area contributed by atoms with E-state index in [-0.39, 0.29) is 17.4 Å². The number of hydrogen-bond acceptors (Lipinski definition) is 5. The second kappa shape index (κ2) is 7.78. The summed E-state index contributed by atoms with van der Waals surface area (Å²) >= 11 is 0. The van der Waals surface area contributed by atoms with Crippen LogP contribution in [-0.2, 0) is 9.59 Å². The highest BCUT2D eigenvalue weighted by molar-refractivity contribution is 6.46. The molecule has 2 heterocycles. The number of aliphatic hydroxyl groups is 1. The summed E-state index contributed by atoms with van der Waals surface area (Å²) in [5.74, 6) is 0.330. The Balaban J connectivity index is 1.84. The van der Waals surface area contributed by atoms with Crippen LogP contribution in [0.2, 0.25) is 0 Å². The molecule has 1 aliphatic carbocycles. The Labute approximate surface area is 169 Å². The molecule has 1 saturated carbocycles. The van der Waals surface area contributed by atoms with Gasteiger partial charge in [0.1, 0.15) is 29.1 Å². The fourth-order valence-electron chi connectivity index (χ4n) is 4.34. The summed E-state index contributed by atoms with van der Waals surface area (Å²) in [6.45, 7) is 4.18. The van der Waals surface area contributed by atoms with Crippen molar-refractivity contribution in [2.75, 3.05) is 6.61 Å². The monoisotopic (exact) mass is 395 g/mol. The molecular formula is C23H25NO5. The Morgan fingerprint density at radius 3 is 2.62 bits per heavy atom. The Morgan fingerprint density at radius 1 is 1.21 bits per heavy atom. The van der Waals surface area contributed by atoms with Crippen molar-refractivity contribution < 1.29 is 23.8 Å². The summed E-state index contributed by atoms with van der Waals surface area (Å²) in [4.78, 5) is 27.6. The molecule has 4 rings (SSSR count). The van der Waals surface area contributed by atoms with Crippen molar-refractivity contribution in [1.82, 2.24) is 4.90 Å². The Hall–Kier alpha value is -3.02. The molecule has 0 spiro atoms. The molecule has 6 nitrogen and oxygen atoms in total. The lowest BCUT2D eigenvalue weighted by molar-refractivity contribution is -0.141. The van der Waals surface area contributed by atoms with Gasteiger partial charge >= 0.3 is 0 Å². The molecule has 1 aromatic carbocycles. The SMILES string of the molecule is CCOc1cccc(/C(O)=C2/C(=O)C(=O)N(C3CCCC3)C2c2ccc(C)o2)c1. The van der Waals surface area contributed by atoms with Crippen molar-refractivity contribution in [3.05, 3.63) is 59.1 Å². The van der Waals surface area contributed by atoms with E-state index in [0.717, 1.165) is 25.7 Å². The number of ether oxygens (including phenoxy) is 1. The van der Waals surface area contributed by atoms with Crippen LogP contribution in [0.15, 0.2) is 46.4 Å². The zero-order valence-corrected chi connectivity index (χ0v) is 16.7. The van der Waals surface area contributed by atoms with Gasteiger partial charge in [-0.2, -0.15) is 0 Å². The zero-order valence-electron chi connectivity index (χ0n) is 16.7. The van der Waals surface area contributed by atoms with Crippen molar-refractivity contribution >= 4 is 17.4 Å². The zero-order chi connectivity index (χ0) is 20.5. The summed E-state index contributed by atoms with van der Waals surface area (Å²) in [7, 11) is 0. The minimum absolute atomic E-state index is 0.0260. The van der Waals surface area contributed by atoms with Crippen LogP contribution in [0, 0.1) is 6.92 Å². The van der Waals surface area contributed by atoms with Crippen LogP contribution in [0.3, 0.4) is 0 Å². The van der Waals surface area contributed by atoms with Gasteiger partial charge < -0.3 is 19.2 Å². The lowest BCUT2D eigenvalue weighted by Crippen LogP contribution is -2.37. The van der Waals surface area contributed by atoms with Gasteiger partial charge in [0.2, 0.25) is 0 Å². The smallest absolute Gasteiger partial charge is 0.296 e. The average Bonchev–Trinajstić information content (AvgIpc) is 3.43. The maximum absolute atomic E-state index is 13.0. The van der Waals surface area contributed by atoms with Crippen LogP contribution in [0.5, 0.6) is 5.75 Å².